The lowest BCUT2D eigenvalue weighted by Gasteiger charge is -2.47. The fraction of sp³-hybridized carbons (Fsp3) is 0.519. The van der Waals surface area contributed by atoms with Crippen molar-refractivity contribution in [1.29, 1.82) is 0 Å². The van der Waals surface area contributed by atoms with Crippen LogP contribution >= 0.6 is 11.6 Å². The summed E-state index contributed by atoms with van der Waals surface area (Å²) in [5.74, 6) is 1.97. The predicted octanol–water partition coefficient (Wildman–Crippen LogP) is 5.10. The van der Waals surface area contributed by atoms with Crippen LogP contribution in [0.2, 0.25) is 5.02 Å². The summed E-state index contributed by atoms with van der Waals surface area (Å²) in [6.45, 7) is 2.53. The minimum atomic E-state index is -0.809. The molecule has 1 aliphatic heterocycles. The van der Waals surface area contributed by atoms with Gasteiger partial charge in [-0.25, -0.2) is 4.79 Å². The number of benzene rings is 2. The molecule has 34 heavy (non-hydrogen) atoms. The van der Waals surface area contributed by atoms with Crippen molar-refractivity contribution in [2.75, 3.05) is 25.8 Å². The number of esters is 1. The minimum absolute atomic E-state index is 0.0761. The third kappa shape index (κ3) is 3.91. The van der Waals surface area contributed by atoms with E-state index in [2.05, 4.69) is 24.4 Å². The third-order valence-electron chi connectivity index (χ3n) is 8.16. The Morgan fingerprint density at radius 1 is 1.21 bits per heavy atom. The topological polar surface area (TPSA) is 77.0 Å². The van der Waals surface area contributed by atoms with E-state index in [1.54, 1.807) is 0 Å². The average molecular weight is 486 g/mol. The van der Waals surface area contributed by atoms with Gasteiger partial charge in [-0.2, -0.15) is 0 Å². The Kier molecular flexibility index (Phi) is 6.15. The smallest absolute Gasteiger partial charge is 0.331 e. The first-order valence-electron chi connectivity index (χ1n) is 12.1. The minimum Gasteiger partial charge on any atom is -0.467 e. The van der Waals surface area contributed by atoms with Crippen LogP contribution < -0.4 is 14.8 Å². The van der Waals surface area contributed by atoms with E-state index < -0.39 is 5.54 Å². The molecule has 2 aromatic carbocycles. The maximum Gasteiger partial charge on any atom is 0.331 e. The summed E-state index contributed by atoms with van der Waals surface area (Å²) in [6.07, 6.45) is 4.85. The SMILES string of the molecule is COC(=O)C1(Nc2cccc(Cl)c2)CCC2(CC1)c1cc3c(cc1C[C@H]2C[C@@H](C)CO)OCO3. The van der Waals surface area contributed by atoms with E-state index in [0.29, 0.717) is 23.8 Å². The van der Waals surface area contributed by atoms with Crippen molar-refractivity contribution in [3.8, 4) is 11.5 Å². The molecule has 182 valence electrons. The van der Waals surface area contributed by atoms with E-state index in [1.165, 1.54) is 18.2 Å². The Bertz CT molecular complexity index is 1080. The van der Waals surface area contributed by atoms with Gasteiger partial charge in [0, 0.05) is 17.3 Å². The van der Waals surface area contributed by atoms with Gasteiger partial charge in [-0.05, 0) is 97.2 Å². The molecule has 2 N–H and O–H groups in total. The highest BCUT2D eigenvalue weighted by Crippen LogP contribution is 2.58. The van der Waals surface area contributed by atoms with Crippen LogP contribution in [-0.4, -0.2) is 37.1 Å². The van der Waals surface area contributed by atoms with Crippen molar-refractivity contribution in [3.63, 3.8) is 0 Å². The molecule has 0 radical (unpaired) electrons. The molecule has 1 spiro atoms. The molecular weight excluding hydrogens is 454 g/mol. The molecule has 7 heteroatoms. The van der Waals surface area contributed by atoms with Gasteiger partial charge in [0.25, 0.3) is 0 Å². The number of methoxy groups -OCH3 is 1. The van der Waals surface area contributed by atoms with E-state index in [4.69, 9.17) is 25.8 Å². The van der Waals surface area contributed by atoms with Crippen molar-refractivity contribution in [2.45, 2.75) is 56.4 Å². The number of aliphatic hydroxyl groups is 1. The monoisotopic (exact) mass is 485 g/mol. The highest BCUT2D eigenvalue weighted by atomic mass is 35.5. The number of aliphatic hydroxyl groups excluding tert-OH is 1. The molecule has 5 rings (SSSR count). The number of halogens is 1. The number of carbonyl (C=O) groups is 1. The fourth-order valence-electron chi connectivity index (χ4n) is 6.38. The number of hydrogen-bond acceptors (Lipinski definition) is 6. The number of anilines is 1. The van der Waals surface area contributed by atoms with Gasteiger partial charge in [0.1, 0.15) is 5.54 Å². The average Bonchev–Trinajstić information content (AvgIpc) is 3.41. The lowest BCUT2D eigenvalue weighted by Crippen LogP contribution is -2.53. The molecule has 2 aromatic rings. The number of fused-ring (bicyclic) bond motifs is 3. The molecule has 0 unspecified atom stereocenters. The molecule has 0 bridgehead atoms. The molecule has 3 aliphatic rings. The second-order valence-corrected chi connectivity index (χ2v) is 10.6. The molecule has 6 nitrogen and oxygen atoms in total. The Morgan fingerprint density at radius 3 is 2.62 bits per heavy atom. The van der Waals surface area contributed by atoms with Gasteiger partial charge < -0.3 is 24.6 Å². The van der Waals surface area contributed by atoms with Gasteiger partial charge in [-0.15, -0.1) is 0 Å². The van der Waals surface area contributed by atoms with Gasteiger partial charge in [-0.3, -0.25) is 0 Å². The maximum absolute atomic E-state index is 13.1. The summed E-state index contributed by atoms with van der Waals surface area (Å²) in [5, 5.41) is 13.9. The largest absolute Gasteiger partial charge is 0.467 e. The van der Waals surface area contributed by atoms with Crippen molar-refractivity contribution < 1.29 is 24.1 Å². The van der Waals surface area contributed by atoms with Gasteiger partial charge in [0.05, 0.1) is 7.11 Å². The highest BCUT2D eigenvalue weighted by molar-refractivity contribution is 6.30. The van der Waals surface area contributed by atoms with E-state index in [9.17, 15) is 9.90 Å². The van der Waals surface area contributed by atoms with Crippen LogP contribution in [0.25, 0.3) is 0 Å². The summed E-state index contributed by atoms with van der Waals surface area (Å²) < 4.78 is 16.7. The molecule has 1 fully saturated rings. The molecule has 2 aliphatic carbocycles. The van der Waals surface area contributed by atoms with E-state index >= 15 is 0 Å². The molecular formula is C27H32ClNO5. The number of carbonyl (C=O) groups excluding carboxylic acids is 1. The fourth-order valence-corrected chi connectivity index (χ4v) is 6.58. The summed E-state index contributed by atoms with van der Waals surface area (Å²) in [7, 11) is 1.45. The van der Waals surface area contributed by atoms with Crippen molar-refractivity contribution >= 4 is 23.3 Å². The summed E-state index contributed by atoms with van der Waals surface area (Å²) in [5.41, 5.74) is 2.54. The first kappa shape index (κ1) is 23.3. The third-order valence-corrected chi connectivity index (χ3v) is 8.40. The van der Waals surface area contributed by atoms with Gasteiger partial charge in [-0.1, -0.05) is 24.6 Å². The van der Waals surface area contributed by atoms with Crippen LogP contribution in [0.1, 0.15) is 50.2 Å². The zero-order chi connectivity index (χ0) is 23.9. The van der Waals surface area contributed by atoms with Crippen molar-refractivity contribution in [1.82, 2.24) is 0 Å². The summed E-state index contributed by atoms with van der Waals surface area (Å²) in [4.78, 5) is 13.1. The van der Waals surface area contributed by atoms with Crippen LogP contribution in [-0.2, 0) is 21.4 Å². The van der Waals surface area contributed by atoms with Crippen molar-refractivity contribution in [2.24, 2.45) is 11.8 Å². The lowest BCUT2D eigenvalue weighted by molar-refractivity contribution is -0.148. The van der Waals surface area contributed by atoms with Crippen LogP contribution in [0.4, 0.5) is 5.69 Å². The zero-order valence-electron chi connectivity index (χ0n) is 19.7. The van der Waals surface area contributed by atoms with Crippen LogP contribution in [0.5, 0.6) is 11.5 Å². The second-order valence-electron chi connectivity index (χ2n) is 10.2. The number of nitrogens with one attached hydrogen (secondary N) is 1. The predicted molar refractivity (Wildman–Crippen MR) is 131 cm³/mol. The normalized spacial score (nSPS) is 27.9. The maximum atomic E-state index is 13.1. The van der Waals surface area contributed by atoms with E-state index in [1.807, 2.05) is 24.3 Å². The van der Waals surface area contributed by atoms with Crippen LogP contribution in [0.15, 0.2) is 36.4 Å². The molecule has 1 heterocycles. The van der Waals surface area contributed by atoms with Gasteiger partial charge in [0.2, 0.25) is 6.79 Å². The quantitative estimate of drug-likeness (QED) is 0.555. The number of ether oxygens (including phenoxy) is 3. The van der Waals surface area contributed by atoms with Crippen molar-refractivity contribution in [3.05, 3.63) is 52.5 Å². The Labute approximate surface area is 205 Å². The number of hydrogen-bond donors (Lipinski definition) is 2. The summed E-state index contributed by atoms with van der Waals surface area (Å²) in [6, 6.07) is 11.8. The summed E-state index contributed by atoms with van der Waals surface area (Å²) >= 11 is 6.21. The van der Waals surface area contributed by atoms with E-state index in [0.717, 1.165) is 42.9 Å². The Hall–Kier alpha value is -2.44. The number of rotatable bonds is 6. The first-order chi connectivity index (χ1) is 16.4. The second kappa shape index (κ2) is 8.97. The lowest BCUT2D eigenvalue weighted by atomic mass is 9.59. The molecule has 0 aromatic heterocycles. The van der Waals surface area contributed by atoms with Crippen LogP contribution in [0, 0.1) is 11.8 Å². The molecule has 0 saturated heterocycles. The molecule has 2 atom stereocenters. The first-order valence-corrected chi connectivity index (χ1v) is 12.4. The Morgan fingerprint density at radius 2 is 1.94 bits per heavy atom. The Balaban J connectivity index is 1.48. The van der Waals surface area contributed by atoms with Gasteiger partial charge in [0.15, 0.2) is 11.5 Å². The van der Waals surface area contributed by atoms with Gasteiger partial charge >= 0.3 is 5.97 Å². The zero-order valence-corrected chi connectivity index (χ0v) is 20.5. The molecule has 1 saturated carbocycles. The van der Waals surface area contributed by atoms with Crippen LogP contribution in [0.3, 0.4) is 0 Å². The van der Waals surface area contributed by atoms with E-state index in [-0.39, 0.29) is 30.7 Å². The standard InChI is InChI=1S/C27H32ClNO5/c1-17(15-30)10-19-11-18-12-23-24(34-16-33-23)14-22(18)26(19)6-8-27(9-7-26,25(31)32-2)29-21-5-3-4-20(28)13-21/h3-5,12-14,17,19,29-30H,6-11,15-16H2,1-2H3/t17-,19-,26?,27?/m1/s1. The molecule has 0 amide bonds. The highest BCUT2D eigenvalue weighted by Gasteiger charge is 2.54.